The number of rotatable bonds is 3. The van der Waals surface area contributed by atoms with Crippen molar-refractivity contribution in [1.29, 1.82) is 0 Å². The van der Waals surface area contributed by atoms with Crippen LogP contribution in [-0.2, 0) is 7.05 Å². The van der Waals surface area contributed by atoms with Crippen LogP contribution in [0.25, 0.3) is 22.6 Å². The van der Waals surface area contributed by atoms with Gasteiger partial charge in [0.2, 0.25) is 0 Å². The van der Waals surface area contributed by atoms with Gasteiger partial charge in [0, 0.05) is 36.4 Å². The van der Waals surface area contributed by atoms with Crippen molar-refractivity contribution in [3.05, 3.63) is 53.3 Å². The Bertz CT molecular complexity index is 823. The molecule has 0 aliphatic heterocycles. The molecule has 22 heavy (non-hydrogen) atoms. The molecule has 1 N–H and O–H groups in total. The van der Waals surface area contributed by atoms with Gasteiger partial charge in [0.25, 0.3) is 0 Å². The molecule has 5 heteroatoms. The van der Waals surface area contributed by atoms with Crippen molar-refractivity contribution in [2.45, 2.75) is 6.92 Å². The van der Waals surface area contributed by atoms with Gasteiger partial charge < -0.3 is 9.88 Å². The Balaban J connectivity index is 2.10. The summed E-state index contributed by atoms with van der Waals surface area (Å²) in [6, 6.07) is 12.0. The molecule has 0 bridgehead atoms. The number of nitrogens with one attached hydrogen (secondary N) is 1. The lowest BCUT2D eigenvalue weighted by Crippen LogP contribution is -1.99. The van der Waals surface area contributed by atoms with E-state index in [4.69, 9.17) is 11.6 Å². The fourth-order valence-corrected chi connectivity index (χ4v) is 2.72. The van der Waals surface area contributed by atoms with Crippen molar-refractivity contribution >= 4 is 17.4 Å². The van der Waals surface area contributed by atoms with Crippen LogP contribution in [0.4, 0.5) is 5.82 Å². The fourth-order valence-electron chi connectivity index (χ4n) is 2.54. The maximum Gasteiger partial charge on any atom is 0.129 e. The topological polar surface area (TPSA) is 42.7 Å². The summed E-state index contributed by atoms with van der Waals surface area (Å²) in [5.74, 6) is 0.798. The van der Waals surface area contributed by atoms with E-state index in [1.165, 1.54) is 5.56 Å². The minimum Gasteiger partial charge on any atom is -0.373 e. The molecule has 0 unspecified atom stereocenters. The van der Waals surface area contributed by atoms with Gasteiger partial charge >= 0.3 is 0 Å². The van der Waals surface area contributed by atoms with Crippen LogP contribution in [-0.4, -0.2) is 21.6 Å². The van der Waals surface area contributed by atoms with Crippen LogP contribution < -0.4 is 5.32 Å². The summed E-state index contributed by atoms with van der Waals surface area (Å²) < 4.78 is 2.13. The zero-order chi connectivity index (χ0) is 15.7. The molecule has 0 fully saturated rings. The Kier molecular flexibility index (Phi) is 3.86. The van der Waals surface area contributed by atoms with Crippen LogP contribution in [0.2, 0.25) is 5.02 Å². The van der Waals surface area contributed by atoms with Crippen molar-refractivity contribution in [1.82, 2.24) is 14.5 Å². The van der Waals surface area contributed by atoms with Crippen LogP contribution in [0.3, 0.4) is 0 Å². The first-order valence-electron chi connectivity index (χ1n) is 7.02. The second-order valence-corrected chi connectivity index (χ2v) is 5.60. The maximum atomic E-state index is 6.14. The number of hydrogen-bond donors (Lipinski definition) is 1. The van der Waals surface area contributed by atoms with Crippen molar-refractivity contribution in [3.63, 3.8) is 0 Å². The molecule has 0 amide bonds. The van der Waals surface area contributed by atoms with E-state index in [9.17, 15) is 0 Å². The molecular weight excluding hydrogens is 296 g/mol. The van der Waals surface area contributed by atoms with Crippen LogP contribution in [0, 0.1) is 6.92 Å². The first-order valence-corrected chi connectivity index (χ1v) is 7.40. The van der Waals surface area contributed by atoms with Crippen LogP contribution in [0.15, 0.2) is 42.7 Å². The van der Waals surface area contributed by atoms with E-state index < -0.39 is 0 Å². The predicted molar refractivity (Wildman–Crippen MR) is 91.2 cm³/mol. The molecule has 0 saturated heterocycles. The van der Waals surface area contributed by atoms with Gasteiger partial charge in [-0.2, -0.15) is 0 Å². The molecule has 0 saturated carbocycles. The van der Waals surface area contributed by atoms with E-state index in [1.54, 1.807) is 6.33 Å². The summed E-state index contributed by atoms with van der Waals surface area (Å²) in [4.78, 5) is 8.52. The zero-order valence-electron chi connectivity index (χ0n) is 12.8. The summed E-state index contributed by atoms with van der Waals surface area (Å²) in [5, 5.41) is 3.77. The van der Waals surface area contributed by atoms with E-state index in [2.05, 4.69) is 38.9 Å². The van der Waals surface area contributed by atoms with E-state index in [-0.39, 0.29) is 0 Å². The maximum absolute atomic E-state index is 6.14. The van der Waals surface area contributed by atoms with Gasteiger partial charge in [-0.05, 0) is 36.8 Å². The van der Waals surface area contributed by atoms with Crippen LogP contribution in [0.1, 0.15) is 5.56 Å². The van der Waals surface area contributed by atoms with Gasteiger partial charge in [0.05, 0.1) is 11.4 Å². The molecule has 2 aromatic heterocycles. The first kappa shape index (κ1) is 14.6. The number of aryl methyl sites for hydroxylation is 1. The Labute approximate surface area is 134 Å². The highest BCUT2D eigenvalue weighted by molar-refractivity contribution is 6.30. The summed E-state index contributed by atoms with van der Waals surface area (Å²) in [6.07, 6.45) is 1.57. The summed E-state index contributed by atoms with van der Waals surface area (Å²) in [7, 11) is 3.88. The van der Waals surface area contributed by atoms with Gasteiger partial charge in [0.1, 0.15) is 12.1 Å². The van der Waals surface area contributed by atoms with Crippen molar-refractivity contribution in [3.8, 4) is 22.6 Å². The van der Waals surface area contributed by atoms with Gasteiger partial charge in [-0.1, -0.05) is 17.7 Å². The van der Waals surface area contributed by atoms with Gasteiger partial charge in [-0.25, -0.2) is 9.97 Å². The van der Waals surface area contributed by atoms with E-state index in [1.807, 2.05) is 38.4 Å². The standard InChI is InChI=1S/C17H17ClN4/c1-11-4-5-12(18)8-13(11)15-6-7-16(22(15)3)14-9-17(19-2)21-10-20-14/h4-10H,1-3H3,(H,19,20,21). The highest BCUT2D eigenvalue weighted by Gasteiger charge is 2.12. The Morgan fingerprint density at radius 1 is 1.05 bits per heavy atom. The van der Waals surface area contributed by atoms with Crippen molar-refractivity contribution in [2.75, 3.05) is 12.4 Å². The lowest BCUT2D eigenvalue weighted by atomic mass is 10.1. The molecule has 0 spiro atoms. The summed E-state index contributed by atoms with van der Waals surface area (Å²) in [6.45, 7) is 2.09. The van der Waals surface area contributed by atoms with Crippen molar-refractivity contribution in [2.24, 2.45) is 7.05 Å². The molecule has 0 aliphatic carbocycles. The minimum atomic E-state index is 0.739. The SMILES string of the molecule is CNc1cc(-c2ccc(-c3cc(Cl)ccc3C)n2C)ncn1. The number of benzene rings is 1. The summed E-state index contributed by atoms with van der Waals surface area (Å²) >= 11 is 6.14. The Morgan fingerprint density at radius 3 is 2.59 bits per heavy atom. The molecule has 2 heterocycles. The number of hydrogen-bond acceptors (Lipinski definition) is 3. The highest BCUT2D eigenvalue weighted by atomic mass is 35.5. The number of aromatic nitrogens is 3. The Morgan fingerprint density at radius 2 is 1.82 bits per heavy atom. The third kappa shape index (κ3) is 2.57. The van der Waals surface area contributed by atoms with Gasteiger partial charge in [-0.15, -0.1) is 0 Å². The number of anilines is 1. The lowest BCUT2D eigenvalue weighted by Gasteiger charge is -2.11. The molecule has 3 rings (SSSR count). The number of nitrogens with zero attached hydrogens (tertiary/aromatic N) is 3. The fraction of sp³-hybridized carbons (Fsp3) is 0.176. The molecule has 112 valence electrons. The normalized spacial score (nSPS) is 10.7. The van der Waals surface area contributed by atoms with Crippen molar-refractivity contribution < 1.29 is 0 Å². The largest absolute Gasteiger partial charge is 0.373 e. The van der Waals surface area contributed by atoms with E-state index >= 15 is 0 Å². The second kappa shape index (κ2) is 5.81. The Hall–Kier alpha value is -2.33. The highest BCUT2D eigenvalue weighted by Crippen LogP contribution is 2.31. The summed E-state index contributed by atoms with van der Waals surface area (Å²) in [5.41, 5.74) is 5.35. The van der Waals surface area contributed by atoms with Gasteiger partial charge in [-0.3, -0.25) is 0 Å². The van der Waals surface area contributed by atoms with Crippen LogP contribution >= 0.6 is 11.6 Å². The third-order valence-corrected chi connectivity index (χ3v) is 4.02. The average Bonchev–Trinajstić information content (AvgIpc) is 2.91. The lowest BCUT2D eigenvalue weighted by molar-refractivity contribution is 0.936. The van der Waals surface area contributed by atoms with E-state index in [0.29, 0.717) is 0 Å². The smallest absolute Gasteiger partial charge is 0.129 e. The van der Waals surface area contributed by atoms with Gasteiger partial charge in [0.15, 0.2) is 0 Å². The van der Waals surface area contributed by atoms with E-state index in [0.717, 1.165) is 33.5 Å². The minimum absolute atomic E-state index is 0.739. The molecule has 0 aliphatic rings. The third-order valence-electron chi connectivity index (χ3n) is 3.78. The molecule has 4 nitrogen and oxygen atoms in total. The molecule has 0 radical (unpaired) electrons. The molecule has 0 atom stereocenters. The molecular formula is C17H17ClN4. The monoisotopic (exact) mass is 312 g/mol. The number of halogens is 1. The average molecular weight is 313 g/mol. The molecule has 1 aromatic carbocycles. The zero-order valence-corrected chi connectivity index (χ0v) is 13.5. The second-order valence-electron chi connectivity index (χ2n) is 5.16. The first-order chi connectivity index (χ1) is 10.6. The molecule has 3 aromatic rings. The predicted octanol–water partition coefficient (Wildman–Crippen LogP) is 4.15. The van der Waals surface area contributed by atoms with Crippen LogP contribution in [0.5, 0.6) is 0 Å². The quantitative estimate of drug-likeness (QED) is 0.790.